The van der Waals surface area contributed by atoms with Gasteiger partial charge < -0.3 is 14.0 Å². The van der Waals surface area contributed by atoms with E-state index in [0.717, 1.165) is 11.2 Å². The van der Waals surface area contributed by atoms with Gasteiger partial charge in [0.25, 0.3) is 0 Å². The number of hydrogen-bond donors (Lipinski definition) is 0. The number of benzene rings is 1. The summed E-state index contributed by atoms with van der Waals surface area (Å²) in [7, 11) is -0.316. The van der Waals surface area contributed by atoms with Crippen molar-refractivity contribution in [1.29, 1.82) is 0 Å². The Balaban J connectivity index is 2.12. The zero-order valence-corrected chi connectivity index (χ0v) is 13.6. The van der Waals surface area contributed by atoms with Crippen LogP contribution >= 0.6 is 0 Å². The van der Waals surface area contributed by atoms with Gasteiger partial charge in [-0.25, -0.2) is 0 Å². The Kier molecular flexibility index (Phi) is 3.68. The zero-order chi connectivity index (χ0) is 15.2. The van der Waals surface area contributed by atoms with Crippen molar-refractivity contribution < 1.29 is 14.0 Å². The molecule has 110 valence electrons. The molecule has 0 radical (unpaired) electrons. The first-order chi connectivity index (χ1) is 9.00. The molecule has 0 saturated carbocycles. The van der Waals surface area contributed by atoms with Crippen LogP contribution in [0.1, 0.15) is 48.5 Å². The molecule has 0 atom stereocenters. The Morgan fingerprint density at radius 2 is 1.35 bits per heavy atom. The minimum absolute atomic E-state index is 0.189. The summed E-state index contributed by atoms with van der Waals surface area (Å²) in [4.78, 5) is 0. The lowest BCUT2D eigenvalue weighted by Gasteiger charge is -2.32. The second kappa shape index (κ2) is 4.78. The quantitative estimate of drug-likeness (QED) is 0.776. The number of ether oxygens (including phenoxy) is 1. The Morgan fingerprint density at radius 1 is 0.900 bits per heavy atom. The van der Waals surface area contributed by atoms with Gasteiger partial charge in [-0.2, -0.15) is 0 Å². The van der Waals surface area contributed by atoms with Crippen molar-refractivity contribution in [3.8, 4) is 5.75 Å². The summed E-state index contributed by atoms with van der Waals surface area (Å²) in [5.41, 5.74) is 0.215. The van der Waals surface area contributed by atoms with Crippen LogP contribution in [0.2, 0.25) is 0 Å². The highest BCUT2D eigenvalue weighted by atomic mass is 16.7. The molecule has 4 heteroatoms. The van der Waals surface area contributed by atoms with Crippen LogP contribution < -0.4 is 10.2 Å². The fourth-order valence-electron chi connectivity index (χ4n) is 2.03. The lowest BCUT2D eigenvalue weighted by atomic mass is 9.79. The fourth-order valence-corrected chi connectivity index (χ4v) is 2.03. The highest BCUT2D eigenvalue weighted by Gasteiger charge is 2.51. The summed E-state index contributed by atoms with van der Waals surface area (Å²) in [5.74, 6) is 0.859. The van der Waals surface area contributed by atoms with E-state index in [4.69, 9.17) is 14.0 Å². The normalized spacial score (nSPS) is 21.1. The molecule has 0 amide bonds. The summed E-state index contributed by atoms with van der Waals surface area (Å²) >= 11 is 0. The Labute approximate surface area is 122 Å². The van der Waals surface area contributed by atoms with E-state index in [2.05, 4.69) is 27.7 Å². The summed E-state index contributed by atoms with van der Waals surface area (Å²) in [6.45, 7) is 14.3. The van der Waals surface area contributed by atoms with Gasteiger partial charge in [0.05, 0.1) is 11.2 Å². The average Bonchev–Trinajstić information content (AvgIpc) is 2.47. The first kappa shape index (κ1) is 15.4. The second-order valence-corrected chi connectivity index (χ2v) is 7.37. The van der Waals surface area contributed by atoms with Crippen LogP contribution in [0.4, 0.5) is 0 Å². The third kappa shape index (κ3) is 3.18. The summed E-state index contributed by atoms with van der Waals surface area (Å²) < 4.78 is 17.9. The largest absolute Gasteiger partial charge is 0.494 e. The predicted molar refractivity (Wildman–Crippen MR) is 82.5 cm³/mol. The maximum absolute atomic E-state index is 6.03. The van der Waals surface area contributed by atoms with E-state index in [1.54, 1.807) is 0 Å². The van der Waals surface area contributed by atoms with Gasteiger partial charge in [-0.05, 0) is 66.1 Å². The highest BCUT2D eigenvalue weighted by molar-refractivity contribution is 6.62. The van der Waals surface area contributed by atoms with E-state index in [1.807, 2.05) is 45.0 Å². The standard InChI is InChI=1S/C16H25BO3/c1-14(2,3)18-13-10-8-12(9-11-13)17-19-15(4,5)16(6,7)20-17/h8-11H,1-7H3. The van der Waals surface area contributed by atoms with Gasteiger partial charge in [0.1, 0.15) is 11.4 Å². The van der Waals surface area contributed by atoms with Crippen molar-refractivity contribution in [2.24, 2.45) is 0 Å². The monoisotopic (exact) mass is 276 g/mol. The third-order valence-electron chi connectivity index (χ3n) is 3.83. The molecule has 0 unspecified atom stereocenters. The maximum Gasteiger partial charge on any atom is 0.494 e. The Morgan fingerprint density at radius 3 is 1.75 bits per heavy atom. The molecule has 0 N–H and O–H groups in total. The summed E-state index contributed by atoms with van der Waals surface area (Å²) in [6, 6.07) is 7.93. The molecule has 1 fully saturated rings. The van der Waals surface area contributed by atoms with E-state index in [-0.39, 0.29) is 23.9 Å². The molecule has 1 aromatic carbocycles. The van der Waals surface area contributed by atoms with Crippen molar-refractivity contribution in [2.75, 3.05) is 0 Å². The van der Waals surface area contributed by atoms with E-state index in [9.17, 15) is 0 Å². The molecule has 0 aliphatic carbocycles. The van der Waals surface area contributed by atoms with Crippen molar-refractivity contribution in [3.63, 3.8) is 0 Å². The number of rotatable bonds is 2. The minimum Gasteiger partial charge on any atom is -0.488 e. The Hall–Kier alpha value is -0.995. The molecule has 1 aliphatic heterocycles. The molecule has 1 heterocycles. The first-order valence-electron chi connectivity index (χ1n) is 7.15. The molecule has 1 saturated heterocycles. The lowest BCUT2D eigenvalue weighted by Crippen LogP contribution is -2.41. The van der Waals surface area contributed by atoms with Gasteiger partial charge >= 0.3 is 7.12 Å². The van der Waals surface area contributed by atoms with Crippen LogP contribution in [0, 0.1) is 0 Å². The van der Waals surface area contributed by atoms with Crippen molar-refractivity contribution in [2.45, 2.75) is 65.3 Å². The molecule has 2 rings (SSSR count). The molecular weight excluding hydrogens is 251 g/mol. The van der Waals surface area contributed by atoms with E-state index >= 15 is 0 Å². The number of hydrogen-bond acceptors (Lipinski definition) is 3. The summed E-state index contributed by atoms with van der Waals surface area (Å²) in [5, 5.41) is 0. The van der Waals surface area contributed by atoms with E-state index in [0.29, 0.717) is 0 Å². The predicted octanol–water partition coefficient (Wildman–Crippen LogP) is 3.16. The SMILES string of the molecule is CC(C)(C)Oc1ccc(B2OC(C)(C)C(C)(C)O2)cc1. The van der Waals surface area contributed by atoms with Gasteiger partial charge in [0.2, 0.25) is 0 Å². The van der Waals surface area contributed by atoms with Crippen LogP contribution in [0.5, 0.6) is 5.75 Å². The van der Waals surface area contributed by atoms with Crippen LogP contribution in [0.3, 0.4) is 0 Å². The molecule has 0 bridgehead atoms. The van der Waals surface area contributed by atoms with Crippen LogP contribution in [0.15, 0.2) is 24.3 Å². The van der Waals surface area contributed by atoms with Crippen LogP contribution in [-0.4, -0.2) is 23.9 Å². The molecular formula is C16H25BO3. The van der Waals surface area contributed by atoms with Gasteiger partial charge in [0.15, 0.2) is 0 Å². The molecule has 3 nitrogen and oxygen atoms in total. The Bertz CT molecular complexity index is 455. The minimum atomic E-state index is -0.316. The lowest BCUT2D eigenvalue weighted by molar-refractivity contribution is 0.00578. The van der Waals surface area contributed by atoms with Crippen molar-refractivity contribution in [1.82, 2.24) is 0 Å². The van der Waals surface area contributed by atoms with Gasteiger partial charge in [-0.3, -0.25) is 0 Å². The molecule has 20 heavy (non-hydrogen) atoms. The third-order valence-corrected chi connectivity index (χ3v) is 3.83. The van der Waals surface area contributed by atoms with Gasteiger partial charge in [-0.1, -0.05) is 12.1 Å². The van der Waals surface area contributed by atoms with E-state index < -0.39 is 0 Å². The van der Waals surface area contributed by atoms with Crippen molar-refractivity contribution >= 4 is 12.6 Å². The van der Waals surface area contributed by atoms with E-state index in [1.165, 1.54) is 0 Å². The second-order valence-electron chi connectivity index (χ2n) is 7.37. The molecule has 0 spiro atoms. The zero-order valence-electron chi connectivity index (χ0n) is 13.6. The van der Waals surface area contributed by atoms with Crippen molar-refractivity contribution in [3.05, 3.63) is 24.3 Å². The fraction of sp³-hybridized carbons (Fsp3) is 0.625. The van der Waals surface area contributed by atoms with Gasteiger partial charge in [-0.15, -0.1) is 0 Å². The smallest absolute Gasteiger partial charge is 0.488 e. The topological polar surface area (TPSA) is 27.7 Å². The van der Waals surface area contributed by atoms with Gasteiger partial charge in [0, 0.05) is 0 Å². The average molecular weight is 276 g/mol. The van der Waals surface area contributed by atoms with Crippen LogP contribution in [0.25, 0.3) is 0 Å². The molecule has 1 aromatic rings. The van der Waals surface area contributed by atoms with Crippen LogP contribution in [-0.2, 0) is 9.31 Å². The highest BCUT2D eigenvalue weighted by Crippen LogP contribution is 2.36. The maximum atomic E-state index is 6.03. The summed E-state index contributed by atoms with van der Waals surface area (Å²) in [6.07, 6.45) is 0. The molecule has 0 aromatic heterocycles. The molecule has 1 aliphatic rings. The first-order valence-corrected chi connectivity index (χ1v) is 7.15.